The van der Waals surface area contributed by atoms with E-state index >= 15 is 0 Å². The molecule has 2 fully saturated rings. The second kappa shape index (κ2) is 8.31. The van der Waals surface area contributed by atoms with Crippen molar-refractivity contribution in [2.24, 2.45) is 17.8 Å². The van der Waals surface area contributed by atoms with E-state index in [-0.39, 0.29) is 23.4 Å². The molecule has 148 valence electrons. The summed E-state index contributed by atoms with van der Waals surface area (Å²) in [5.74, 6) is -4.44. The van der Waals surface area contributed by atoms with Crippen LogP contribution in [0.25, 0.3) is 0 Å². The molecule has 1 unspecified atom stereocenters. The van der Waals surface area contributed by atoms with Crippen LogP contribution in [0.1, 0.15) is 45.4 Å². The van der Waals surface area contributed by atoms with Crippen molar-refractivity contribution in [3.05, 3.63) is 29.6 Å². The number of benzene rings is 1. The lowest BCUT2D eigenvalue weighted by atomic mass is 9.80. The van der Waals surface area contributed by atoms with E-state index in [2.05, 4.69) is 12.2 Å². The number of anilines is 1. The molecule has 1 aliphatic heterocycles. The van der Waals surface area contributed by atoms with E-state index in [1.54, 1.807) is 0 Å². The van der Waals surface area contributed by atoms with Crippen LogP contribution >= 0.6 is 0 Å². The summed E-state index contributed by atoms with van der Waals surface area (Å²) in [5, 5.41) is 2.35. The maximum Gasteiger partial charge on any atom is 0.227 e. The van der Waals surface area contributed by atoms with Gasteiger partial charge in [0.25, 0.3) is 0 Å². The molecule has 1 saturated heterocycles. The minimum Gasteiger partial charge on any atom is -0.342 e. The van der Waals surface area contributed by atoms with Gasteiger partial charge in [-0.3, -0.25) is 9.59 Å². The minimum atomic E-state index is -1.60. The van der Waals surface area contributed by atoms with E-state index in [0.717, 1.165) is 38.1 Å². The van der Waals surface area contributed by atoms with Crippen LogP contribution in [0.2, 0.25) is 0 Å². The van der Waals surface area contributed by atoms with Gasteiger partial charge in [0.1, 0.15) is 0 Å². The molecule has 2 aliphatic rings. The maximum atomic E-state index is 13.7. The van der Waals surface area contributed by atoms with Crippen LogP contribution in [0.3, 0.4) is 0 Å². The average molecular weight is 382 g/mol. The summed E-state index contributed by atoms with van der Waals surface area (Å²) in [6, 6.07) is 1.79. The third-order valence-corrected chi connectivity index (χ3v) is 5.71. The quantitative estimate of drug-likeness (QED) is 0.800. The zero-order chi connectivity index (χ0) is 19.6. The zero-order valence-corrected chi connectivity index (χ0v) is 15.4. The molecule has 1 saturated carbocycles. The van der Waals surface area contributed by atoms with Gasteiger partial charge >= 0.3 is 0 Å². The predicted octanol–water partition coefficient (Wildman–Crippen LogP) is 4.11. The highest BCUT2D eigenvalue weighted by molar-refractivity contribution is 5.93. The zero-order valence-electron chi connectivity index (χ0n) is 15.4. The monoisotopic (exact) mass is 382 g/mol. The van der Waals surface area contributed by atoms with E-state index in [4.69, 9.17) is 0 Å². The third-order valence-electron chi connectivity index (χ3n) is 5.71. The van der Waals surface area contributed by atoms with Crippen molar-refractivity contribution < 1.29 is 22.8 Å². The van der Waals surface area contributed by atoms with Crippen LogP contribution in [0.4, 0.5) is 18.9 Å². The summed E-state index contributed by atoms with van der Waals surface area (Å²) in [4.78, 5) is 27.0. The van der Waals surface area contributed by atoms with E-state index in [1.165, 1.54) is 0 Å². The van der Waals surface area contributed by atoms with Gasteiger partial charge in [0.2, 0.25) is 11.8 Å². The number of likely N-dealkylation sites (tertiary alicyclic amines) is 1. The first-order chi connectivity index (χ1) is 12.9. The fourth-order valence-corrected chi connectivity index (χ4v) is 4.11. The van der Waals surface area contributed by atoms with Crippen LogP contribution < -0.4 is 5.32 Å². The molecule has 1 N–H and O–H groups in total. The number of hydrogen-bond donors (Lipinski definition) is 1. The first-order valence-corrected chi connectivity index (χ1v) is 9.60. The Bertz CT molecular complexity index is 717. The molecule has 1 atom stereocenters. The normalized spacial score (nSPS) is 25.9. The molecule has 1 aliphatic carbocycles. The van der Waals surface area contributed by atoms with Crippen molar-refractivity contribution in [3.8, 4) is 0 Å². The molecule has 7 heteroatoms. The second-order valence-electron chi connectivity index (χ2n) is 7.79. The van der Waals surface area contributed by atoms with E-state index in [1.807, 2.05) is 4.90 Å². The number of piperidine rings is 1. The first kappa shape index (κ1) is 19.7. The number of nitrogens with zero attached hydrogens (tertiary/aromatic N) is 1. The van der Waals surface area contributed by atoms with Crippen LogP contribution in [-0.2, 0) is 9.59 Å². The van der Waals surface area contributed by atoms with Crippen LogP contribution in [-0.4, -0.2) is 29.8 Å². The standard InChI is InChI=1S/C20H25F3N2O2/c1-12-3-2-10-25(11-12)20(27)14-6-4-13(5-7-14)19(26)24-16-9-8-15(21)17(22)18(16)23/h8-9,12-14H,2-7,10-11H2,1H3,(H,24,26). The Morgan fingerprint density at radius 3 is 2.33 bits per heavy atom. The van der Waals surface area contributed by atoms with Crippen LogP contribution in [0.15, 0.2) is 12.1 Å². The van der Waals surface area contributed by atoms with Crippen molar-refractivity contribution in [1.82, 2.24) is 4.90 Å². The molecular formula is C20H25F3N2O2. The molecule has 2 amide bonds. The van der Waals surface area contributed by atoms with Gasteiger partial charge in [0.05, 0.1) is 5.69 Å². The Morgan fingerprint density at radius 1 is 1.00 bits per heavy atom. The van der Waals surface area contributed by atoms with Crippen molar-refractivity contribution in [1.29, 1.82) is 0 Å². The molecule has 0 bridgehead atoms. The molecule has 3 rings (SSSR count). The van der Waals surface area contributed by atoms with Gasteiger partial charge < -0.3 is 10.2 Å². The van der Waals surface area contributed by atoms with Gasteiger partial charge in [-0.05, 0) is 56.6 Å². The molecule has 0 radical (unpaired) electrons. The highest BCUT2D eigenvalue weighted by Gasteiger charge is 2.33. The number of nitrogens with one attached hydrogen (secondary N) is 1. The Morgan fingerprint density at radius 2 is 1.67 bits per heavy atom. The smallest absolute Gasteiger partial charge is 0.227 e. The summed E-state index contributed by atoms with van der Waals surface area (Å²) < 4.78 is 40.0. The summed E-state index contributed by atoms with van der Waals surface area (Å²) in [7, 11) is 0. The SMILES string of the molecule is CC1CCCN(C(=O)C2CCC(C(=O)Nc3ccc(F)c(F)c3F)CC2)C1. The predicted molar refractivity (Wildman–Crippen MR) is 95.4 cm³/mol. The lowest BCUT2D eigenvalue weighted by Crippen LogP contribution is -2.43. The number of rotatable bonds is 3. The number of hydrogen-bond acceptors (Lipinski definition) is 2. The Kier molecular flexibility index (Phi) is 6.07. The number of carbonyl (C=O) groups excluding carboxylic acids is 2. The summed E-state index contributed by atoms with van der Waals surface area (Å²) in [6.45, 7) is 3.76. The first-order valence-electron chi connectivity index (χ1n) is 9.60. The second-order valence-corrected chi connectivity index (χ2v) is 7.79. The number of carbonyl (C=O) groups is 2. The Labute approximate surface area is 157 Å². The van der Waals surface area contributed by atoms with Gasteiger partial charge in [-0.15, -0.1) is 0 Å². The molecular weight excluding hydrogens is 357 g/mol. The fraction of sp³-hybridized carbons (Fsp3) is 0.600. The molecule has 4 nitrogen and oxygen atoms in total. The highest BCUT2D eigenvalue weighted by Crippen LogP contribution is 2.32. The van der Waals surface area contributed by atoms with E-state index in [0.29, 0.717) is 31.6 Å². The van der Waals surface area contributed by atoms with Crippen LogP contribution in [0.5, 0.6) is 0 Å². The number of amides is 2. The van der Waals surface area contributed by atoms with E-state index in [9.17, 15) is 22.8 Å². The molecule has 1 aromatic rings. The van der Waals surface area contributed by atoms with Crippen molar-refractivity contribution >= 4 is 17.5 Å². The van der Waals surface area contributed by atoms with Crippen LogP contribution in [0, 0.1) is 35.2 Å². The van der Waals surface area contributed by atoms with Gasteiger partial charge in [-0.1, -0.05) is 6.92 Å². The molecule has 0 aromatic heterocycles. The largest absolute Gasteiger partial charge is 0.342 e. The number of halogens is 3. The lowest BCUT2D eigenvalue weighted by molar-refractivity contribution is -0.139. The summed E-state index contributed by atoms with van der Waals surface area (Å²) >= 11 is 0. The van der Waals surface area contributed by atoms with Gasteiger partial charge in [0.15, 0.2) is 17.5 Å². The highest BCUT2D eigenvalue weighted by atomic mass is 19.2. The van der Waals surface area contributed by atoms with Crippen molar-refractivity contribution in [3.63, 3.8) is 0 Å². The van der Waals surface area contributed by atoms with E-state index < -0.39 is 23.4 Å². The topological polar surface area (TPSA) is 49.4 Å². The molecule has 1 heterocycles. The summed E-state index contributed by atoms with van der Waals surface area (Å²) in [6.07, 6.45) is 4.46. The molecule has 0 spiro atoms. The maximum absolute atomic E-state index is 13.7. The minimum absolute atomic E-state index is 0.0700. The van der Waals surface area contributed by atoms with Crippen molar-refractivity contribution in [2.75, 3.05) is 18.4 Å². The molecule has 1 aromatic carbocycles. The van der Waals surface area contributed by atoms with Crippen molar-refractivity contribution in [2.45, 2.75) is 45.4 Å². The van der Waals surface area contributed by atoms with Gasteiger partial charge in [-0.25, -0.2) is 13.2 Å². The average Bonchev–Trinajstić information content (AvgIpc) is 2.68. The Hall–Kier alpha value is -2.05. The fourth-order valence-electron chi connectivity index (χ4n) is 4.11. The lowest BCUT2D eigenvalue weighted by Gasteiger charge is -2.35. The summed E-state index contributed by atoms with van der Waals surface area (Å²) in [5.41, 5.74) is -0.362. The van der Waals surface area contributed by atoms with Gasteiger partial charge in [-0.2, -0.15) is 0 Å². The van der Waals surface area contributed by atoms with Gasteiger partial charge in [0, 0.05) is 24.9 Å². The Balaban J connectivity index is 1.53. The third kappa shape index (κ3) is 4.45. The molecule has 27 heavy (non-hydrogen) atoms.